The van der Waals surface area contributed by atoms with Gasteiger partial charge >= 0.3 is 0 Å². The zero-order chi connectivity index (χ0) is 14.1. The van der Waals surface area contributed by atoms with E-state index in [4.69, 9.17) is 0 Å². The van der Waals surface area contributed by atoms with Crippen molar-refractivity contribution in [3.05, 3.63) is 47.5 Å². The van der Waals surface area contributed by atoms with Gasteiger partial charge in [0.2, 0.25) is 0 Å². The van der Waals surface area contributed by atoms with Crippen molar-refractivity contribution in [2.24, 2.45) is 7.05 Å². The van der Waals surface area contributed by atoms with Crippen LogP contribution < -0.4 is 5.32 Å². The molecule has 2 N–H and O–H groups in total. The van der Waals surface area contributed by atoms with E-state index in [0.717, 1.165) is 22.6 Å². The average Bonchev–Trinajstić information content (AvgIpc) is 3.00. The highest BCUT2D eigenvalue weighted by atomic mass is 16.1. The average molecular weight is 269 g/mol. The second-order valence-electron chi connectivity index (χ2n) is 4.65. The Bertz CT molecular complexity index is 738. The summed E-state index contributed by atoms with van der Waals surface area (Å²) in [4.78, 5) is 19.7. The monoisotopic (exact) mass is 269 g/mol. The summed E-state index contributed by atoms with van der Waals surface area (Å²) in [5.41, 5.74) is 3.29. The number of benzene rings is 1. The zero-order valence-corrected chi connectivity index (χ0v) is 11.3. The highest BCUT2D eigenvalue weighted by Crippen LogP contribution is 2.10. The number of aryl methyl sites for hydroxylation is 1. The number of fused-ring (bicyclic) bond motifs is 1. The summed E-state index contributed by atoms with van der Waals surface area (Å²) in [6.07, 6.45) is 1.57. The van der Waals surface area contributed by atoms with E-state index in [1.165, 1.54) is 0 Å². The molecule has 0 saturated heterocycles. The van der Waals surface area contributed by atoms with Crippen molar-refractivity contribution in [2.75, 3.05) is 0 Å². The summed E-state index contributed by atoms with van der Waals surface area (Å²) in [6.45, 7) is 2.23. The lowest BCUT2D eigenvalue weighted by Crippen LogP contribution is -2.23. The number of carbonyl (C=O) groups excluding carboxylic acids is 1. The lowest BCUT2D eigenvalue weighted by molar-refractivity contribution is 0.0949. The Balaban J connectivity index is 1.73. The van der Waals surface area contributed by atoms with Crippen LogP contribution in [0.15, 0.2) is 30.5 Å². The van der Waals surface area contributed by atoms with Crippen molar-refractivity contribution in [1.82, 2.24) is 25.1 Å². The molecule has 0 aliphatic rings. The summed E-state index contributed by atoms with van der Waals surface area (Å²) < 4.78 is 1.68. The Labute approximate surface area is 115 Å². The number of carbonyl (C=O) groups is 1. The highest BCUT2D eigenvalue weighted by molar-refractivity contribution is 5.94. The first-order chi connectivity index (χ1) is 9.65. The number of imidazole rings is 1. The smallest absolute Gasteiger partial charge is 0.255 e. The summed E-state index contributed by atoms with van der Waals surface area (Å²) in [6, 6.07) is 7.77. The Kier molecular flexibility index (Phi) is 2.98. The number of para-hydroxylation sites is 2. The van der Waals surface area contributed by atoms with Crippen LogP contribution in [0.4, 0.5) is 0 Å². The first kappa shape index (κ1) is 12.4. The van der Waals surface area contributed by atoms with E-state index in [-0.39, 0.29) is 5.91 Å². The van der Waals surface area contributed by atoms with Crippen molar-refractivity contribution in [3.63, 3.8) is 0 Å². The van der Waals surface area contributed by atoms with Crippen LogP contribution in [0.5, 0.6) is 0 Å². The number of hydrogen-bond donors (Lipinski definition) is 2. The second kappa shape index (κ2) is 4.80. The van der Waals surface area contributed by atoms with Crippen LogP contribution in [0.1, 0.15) is 21.9 Å². The minimum Gasteiger partial charge on any atom is -0.345 e. The van der Waals surface area contributed by atoms with Gasteiger partial charge in [0.1, 0.15) is 5.82 Å². The Morgan fingerprint density at radius 2 is 2.20 bits per heavy atom. The number of nitrogens with one attached hydrogen (secondary N) is 2. The van der Waals surface area contributed by atoms with E-state index in [2.05, 4.69) is 20.4 Å². The SMILES string of the molecule is Cc1c(C(=O)NCc2nc3ccccc3[nH]2)cnn1C. The van der Waals surface area contributed by atoms with Gasteiger partial charge in [0, 0.05) is 12.7 Å². The normalized spacial score (nSPS) is 10.9. The van der Waals surface area contributed by atoms with Crippen molar-refractivity contribution >= 4 is 16.9 Å². The molecule has 3 aromatic rings. The fraction of sp³-hybridized carbons (Fsp3) is 0.214. The van der Waals surface area contributed by atoms with Crippen LogP contribution in [-0.2, 0) is 13.6 Å². The van der Waals surface area contributed by atoms with Gasteiger partial charge in [-0.05, 0) is 19.1 Å². The van der Waals surface area contributed by atoms with Crippen LogP contribution in [0.25, 0.3) is 11.0 Å². The van der Waals surface area contributed by atoms with Crippen molar-refractivity contribution in [3.8, 4) is 0 Å². The first-order valence-electron chi connectivity index (χ1n) is 6.35. The summed E-state index contributed by atoms with van der Waals surface area (Å²) in [7, 11) is 1.81. The number of aromatic nitrogens is 4. The summed E-state index contributed by atoms with van der Waals surface area (Å²) in [5, 5.41) is 6.90. The quantitative estimate of drug-likeness (QED) is 0.757. The van der Waals surface area contributed by atoms with Crippen LogP contribution in [-0.4, -0.2) is 25.7 Å². The minimum atomic E-state index is -0.143. The minimum absolute atomic E-state index is 0.143. The lowest BCUT2D eigenvalue weighted by atomic mass is 10.2. The summed E-state index contributed by atoms with van der Waals surface area (Å²) in [5.74, 6) is 0.595. The summed E-state index contributed by atoms with van der Waals surface area (Å²) >= 11 is 0. The van der Waals surface area contributed by atoms with E-state index < -0.39 is 0 Å². The van der Waals surface area contributed by atoms with Crippen molar-refractivity contribution in [2.45, 2.75) is 13.5 Å². The first-order valence-corrected chi connectivity index (χ1v) is 6.35. The van der Waals surface area contributed by atoms with Crippen LogP contribution in [0.2, 0.25) is 0 Å². The molecule has 0 bridgehead atoms. The molecule has 2 aromatic heterocycles. The second-order valence-corrected chi connectivity index (χ2v) is 4.65. The molecule has 1 amide bonds. The topological polar surface area (TPSA) is 75.6 Å². The van der Waals surface area contributed by atoms with E-state index in [0.29, 0.717) is 12.1 Å². The van der Waals surface area contributed by atoms with Gasteiger partial charge in [-0.1, -0.05) is 12.1 Å². The standard InChI is InChI=1S/C14H15N5O/c1-9-10(7-16-19(9)2)14(20)15-8-13-17-11-5-3-4-6-12(11)18-13/h3-7H,8H2,1-2H3,(H,15,20)(H,17,18). The molecule has 0 saturated carbocycles. The zero-order valence-electron chi connectivity index (χ0n) is 11.3. The van der Waals surface area contributed by atoms with Crippen molar-refractivity contribution < 1.29 is 4.79 Å². The molecule has 6 nitrogen and oxygen atoms in total. The molecular formula is C14H15N5O. The van der Waals surface area contributed by atoms with E-state index in [9.17, 15) is 4.79 Å². The molecule has 2 heterocycles. The van der Waals surface area contributed by atoms with Crippen LogP contribution in [0.3, 0.4) is 0 Å². The van der Waals surface area contributed by atoms with E-state index in [1.54, 1.807) is 10.9 Å². The largest absolute Gasteiger partial charge is 0.345 e. The maximum Gasteiger partial charge on any atom is 0.255 e. The number of aromatic amines is 1. The molecule has 20 heavy (non-hydrogen) atoms. The fourth-order valence-corrected chi connectivity index (χ4v) is 2.07. The highest BCUT2D eigenvalue weighted by Gasteiger charge is 2.13. The molecule has 1 aromatic carbocycles. The fourth-order valence-electron chi connectivity index (χ4n) is 2.07. The Morgan fingerprint density at radius 3 is 2.90 bits per heavy atom. The molecule has 0 unspecified atom stereocenters. The Morgan fingerprint density at radius 1 is 1.40 bits per heavy atom. The van der Waals surface area contributed by atoms with E-state index in [1.807, 2.05) is 38.2 Å². The van der Waals surface area contributed by atoms with Gasteiger partial charge in [0.25, 0.3) is 5.91 Å². The molecule has 0 aliphatic heterocycles. The van der Waals surface area contributed by atoms with Gasteiger partial charge in [-0.2, -0.15) is 5.10 Å². The molecule has 0 fully saturated rings. The van der Waals surface area contributed by atoms with Crippen LogP contribution >= 0.6 is 0 Å². The van der Waals surface area contributed by atoms with E-state index >= 15 is 0 Å². The number of rotatable bonds is 3. The Hall–Kier alpha value is -2.63. The molecule has 3 rings (SSSR count). The van der Waals surface area contributed by atoms with Gasteiger partial charge in [0.15, 0.2) is 0 Å². The van der Waals surface area contributed by atoms with Gasteiger partial charge in [-0.25, -0.2) is 4.98 Å². The number of hydrogen-bond acceptors (Lipinski definition) is 3. The molecule has 102 valence electrons. The van der Waals surface area contributed by atoms with Gasteiger partial charge in [-0.15, -0.1) is 0 Å². The molecule has 6 heteroatoms. The number of H-pyrrole nitrogens is 1. The molecule has 0 radical (unpaired) electrons. The predicted octanol–water partition coefficient (Wildman–Crippen LogP) is 1.53. The van der Waals surface area contributed by atoms with Gasteiger partial charge in [0.05, 0.1) is 29.3 Å². The van der Waals surface area contributed by atoms with Crippen molar-refractivity contribution in [1.29, 1.82) is 0 Å². The van der Waals surface area contributed by atoms with Crippen LogP contribution in [0, 0.1) is 6.92 Å². The third-order valence-electron chi connectivity index (χ3n) is 3.33. The predicted molar refractivity (Wildman–Crippen MR) is 75.2 cm³/mol. The molecule has 0 aliphatic carbocycles. The van der Waals surface area contributed by atoms with Gasteiger partial charge in [-0.3, -0.25) is 9.48 Å². The molecule has 0 spiro atoms. The van der Waals surface area contributed by atoms with Gasteiger partial charge < -0.3 is 10.3 Å². The lowest BCUT2D eigenvalue weighted by Gasteiger charge is -2.02. The molecule has 0 atom stereocenters. The number of nitrogens with zero attached hydrogens (tertiary/aromatic N) is 3. The molecular weight excluding hydrogens is 254 g/mol. The maximum atomic E-state index is 12.1. The maximum absolute atomic E-state index is 12.1. The number of amides is 1. The third kappa shape index (κ3) is 2.16. The third-order valence-corrected chi connectivity index (χ3v) is 3.33.